The van der Waals surface area contributed by atoms with E-state index in [1.165, 1.54) is 76.6 Å². The molecule has 0 bridgehead atoms. The summed E-state index contributed by atoms with van der Waals surface area (Å²) >= 11 is 0. The van der Waals surface area contributed by atoms with Gasteiger partial charge >= 0.3 is 0 Å². The molecule has 16 rings (SSSR count). The third kappa shape index (κ3) is 5.38. The lowest BCUT2D eigenvalue weighted by molar-refractivity contribution is 0.940. The number of fused-ring (bicyclic) bond motifs is 15. The number of pyridine rings is 2. The highest BCUT2D eigenvalue weighted by Gasteiger charge is 2.37. The van der Waals surface area contributed by atoms with Crippen molar-refractivity contribution in [3.05, 3.63) is 219 Å². The highest BCUT2D eigenvalue weighted by molar-refractivity contribution is 7.00. The molecule has 0 aliphatic carbocycles. The first-order valence-electron chi connectivity index (χ1n) is 24.1. The van der Waals surface area contributed by atoms with E-state index < -0.39 is 0 Å². The molecule has 8 heterocycles. The van der Waals surface area contributed by atoms with Crippen LogP contribution in [0, 0.1) is 0 Å². The van der Waals surface area contributed by atoms with Crippen LogP contribution < -0.4 is 32.8 Å². The Morgan fingerprint density at radius 1 is 0.296 bits per heavy atom. The van der Waals surface area contributed by atoms with Gasteiger partial charge in [-0.05, 0) is 95.1 Å². The number of benzene rings is 8. The monoisotopic (exact) mass is 902 g/mol. The molecule has 0 radical (unpaired) electrons. The van der Waals surface area contributed by atoms with Crippen molar-refractivity contribution in [3.8, 4) is 39.8 Å². The van der Waals surface area contributed by atoms with E-state index in [2.05, 4.69) is 201 Å². The highest BCUT2D eigenvalue weighted by atomic mass is 15.2. The topological polar surface area (TPSA) is 79.2 Å². The van der Waals surface area contributed by atoms with Crippen LogP contribution in [0.2, 0.25) is 0 Å². The Bertz CT molecular complexity index is 4270. The summed E-state index contributed by atoms with van der Waals surface area (Å²) in [6, 6.07) is 71.1. The van der Waals surface area contributed by atoms with Crippen LogP contribution in [0.3, 0.4) is 0 Å². The van der Waals surface area contributed by atoms with Crippen molar-refractivity contribution < 1.29 is 0 Å². The molecule has 71 heavy (non-hydrogen) atoms. The number of hydrogen-bond donors (Lipinski definition) is 0. The summed E-state index contributed by atoms with van der Waals surface area (Å²) in [7, 11) is 0. The van der Waals surface area contributed by atoms with Crippen LogP contribution in [-0.2, 0) is 0 Å². The van der Waals surface area contributed by atoms with Crippen LogP contribution in [0.25, 0.3) is 105 Å². The van der Waals surface area contributed by atoms with Gasteiger partial charge in [0.05, 0.1) is 33.1 Å². The van der Waals surface area contributed by atoms with Gasteiger partial charge in [0.15, 0.2) is 0 Å². The standard InChI is InChI=1S/C61H36B2N8/c1-5-17-49-39(13-1)45-31-47-41-15-3-7-19-53(41)69(59-21-9-11-27-65-59)57(47)33-51(45)62(49)37-23-25-43-44-26-24-38(30-56(44)71(55(43)29-37)61-67-35-64-36-68-61)63-50-18-6-2-14-40(50)46-32-48-42-16-4-8-20-54(42)70(58(48)34-52(46)63)60-22-10-12-28-66-60/h1-36H. The van der Waals surface area contributed by atoms with Crippen LogP contribution in [0.1, 0.15) is 0 Å². The van der Waals surface area contributed by atoms with Gasteiger partial charge in [0.25, 0.3) is 0 Å². The van der Waals surface area contributed by atoms with Gasteiger partial charge in [-0.2, -0.15) is 0 Å². The van der Waals surface area contributed by atoms with Crippen molar-refractivity contribution in [3.63, 3.8) is 0 Å². The smallest absolute Gasteiger partial charge is 0.243 e. The summed E-state index contributed by atoms with van der Waals surface area (Å²) in [5.41, 5.74) is 19.3. The van der Waals surface area contributed by atoms with Gasteiger partial charge in [0.2, 0.25) is 19.4 Å². The van der Waals surface area contributed by atoms with Gasteiger partial charge in [-0.1, -0.05) is 154 Å². The third-order valence-electron chi connectivity index (χ3n) is 15.4. The maximum atomic E-state index is 4.85. The molecule has 0 atom stereocenters. The fourth-order valence-corrected chi connectivity index (χ4v) is 12.5. The average molecular weight is 903 g/mol. The molecule has 6 aromatic heterocycles. The van der Waals surface area contributed by atoms with Crippen LogP contribution in [0.5, 0.6) is 0 Å². The second kappa shape index (κ2) is 14.6. The molecule has 0 spiro atoms. The van der Waals surface area contributed by atoms with Gasteiger partial charge < -0.3 is 0 Å². The summed E-state index contributed by atoms with van der Waals surface area (Å²) in [6.07, 6.45) is 6.94. The number of nitrogens with zero attached hydrogens (tertiary/aromatic N) is 8. The summed E-state index contributed by atoms with van der Waals surface area (Å²) in [5.74, 6) is 2.38. The predicted molar refractivity (Wildman–Crippen MR) is 292 cm³/mol. The molecule has 0 fully saturated rings. The number of para-hydroxylation sites is 2. The van der Waals surface area contributed by atoms with Crippen molar-refractivity contribution in [1.82, 2.24) is 38.6 Å². The van der Waals surface area contributed by atoms with Gasteiger partial charge in [-0.25, -0.2) is 24.9 Å². The molecule has 0 unspecified atom stereocenters. The van der Waals surface area contributed by atoms with Gasteiger partial charge in [0.1, 0.15) is 24.3 Å². The van der Waals surface area contributed by atoms with E-state index >= 15 is 0 Å². The molecule has 0 saturated carbocycles. The first-order chi connectivity index (χ1) is 35.2. The van der Waals surface area contributed by atoms with E-state index in [1.807, 2.05) is 24.5 Å². The quantitative estimate of drug-likeness (QED) is 0.161. The van der Waals surface area contributed by atoms with E-state index in [1.54, 1.807) is 12.7 Å². The zero-order chi connectivity index (χ0) is 46.3. The maximum absolute atomic E-state index is 4.85. The minimum atomic E-state index is -0.0180. The lowest BCUT2D eigenvalue weighted by Gasteiger charge is -2.14. The van der Waals surface area contributed by atoms with E-state index in [-0.39, 0.29) is 13.4 Å². The van der Waals surface area contributed by atoms with Crippen molar-refractivity contribution in [2.24, 2.45) is 0 Å². The number of aromatic nitrogens is 8. The minimum Gasteiger partial charge on any atom is -0.294 e. The Balaban J connectivity index is 0.911. The van der Waals surface area contributed by atoms with E-state index in [4.69, 9.17) is 19.9 Å². The van der Waals surface area contributed by atoms with Crippen LogP contribution >= 0.6 is 0 Å². The molecule has 0 N–H and O–H groups in total. The Morgan fingerprint density at radius 3 is 1.23 bits per heavy atom. The van der Waals surface area contributed by atoms with E-state index in [0.29, 0.717) is 5.95 Å². The first kappa shape index (κ1) is 38.6. The third-order valence-corrected chi connectivity index (χ3v) is 15.4. The molecule has 2 aliphatic heterocycles. The second-order valence-corrected chi connectivity index (χ2v) is 18.9. The minimum absolute atomic E-state index is 0.0180. The zero-order valence-electron chi connectivity index (χ0n) is 38.0. The molecular formula is C61H36B2N8. The molecule has 10 heteroatoms. The summed E-state index contributed by atoms with van der Waals surface area (Å²) in [6.45, 7) is -0.0360. The molecule has 2 aliphatic rings. The van der Waals surface area contributed by atoms with Gasteiger partial charge in [0, 0.05) is 44.7 Å². The van der Waals surface area contributed by atoms with E-state index in [0.717, 1.165) is 55.5 Å². The summed E-state index contributed by atoms with van der Waals surface area (Å²) < 4.78 is 6.87. The Hall–Kier alpha value is -9.40. The van der Waals surface area contributed by atoms with Crippen molar-refractivity contribution in [1.29, 1.82) is 0 Å². The molecule has 14 aromatic rings. The molecule has 326 valence electrons. The molecule has 0 amide bonds. The highest BCUT2D eigenvalue weighted by Crippen LogP contribution is 2.38. The molecule has 8 aromatic carbocycles. The molecule has 0 saturated heterocycles. The maximum Gasteiger partial charge on any atom is 0.243 e. The number of hydrogen-bond acceptors (Lipinski definition) is 5. The van der Waals surface area contributed by atoms with E-state index in [9.17, 15) is 0 Å². The lowest BCUT2D eigenvalue weighted by Crippen LogP contribution is -2.48. The van der Waals surface area contributed by atoms with Crippen LogP contribution in [0.15, 0.2) is 219 Å². The zero-order valence-corrected chi connectivity index (χ0v) is 38.0. The fraction of sp³-hybridized carbons (Fsp3) is 0. The Labute approximate surface area is 407 Å². The van der Waals surface area contributed by atoms with Crippen LogP contribution in [0.4, 0.5) is 0 Å². The van der Waals surface area contributed by atoms with Crippen molar-refractivity contribution in [2.75, 3.05) is 0 Å². The Morgan fingerprint density at radius 2 is 0.732 bits per heavy atom. The average Bonchev–Trinajstić information content (AvgIpc) is 4.22. The second-order valence-electron chi connectivity index (χ2n) is 18.9. The fourth-order valence-electron chi connectivity index (χ4n) is 12.5. The summed E-state index contributed by atoms with van der Waals surface area (Å²) in [5, 5.41) is 7.14. The first-order valence-corrected chi connectivity index (χ1v) is 24.1. The van der Waals surface area contributed by atoms with Crippen molar-refractivity contribution >= 4 is 112 Å². The largest absolute Gasteiger partial charge is 0.294 e. The predicted octanol–water partition coefficient (Wildman–Crippen LogP) is 8.95. The van der Waals surface area contributed by atoms with Crippen LogP contribution in [-0.4, -0.2) is 52.0 Å². The van der Waals surface area contributed by atoms with Crippen molar-refractivity contribution in [2.45, 2.75) is 0 Å². The number of rotatable bonds is 5. The Kier molecular flexibility index (Phi) is 7.91. The van der Waals surface area contributed by atoms with Gasteiger partial charge in [-0.15, -0.1) is 0 Å². The molecule has 8 nitrogen and oxygen atoms in total. The normalized spacial score (nSPS) is 12.7. The molecular weight excluding hydrogens is 866 g/mol. The van der Waals surface area contributed by atoms with Gasteiger partial charge in [-0.3, -0.25) is 13.7 Å². The lowest BCUT2D eigenvalue weighted by atomic mass is 9.39. The summed E-state index contributed by atoms with van der Waals surface area (Å²) in [4.78, 5) is 23.6. The SMILES string of the molecule is c1ccc(-n2c3ccccc3c3cc4c(cc32)B(c2ccc3c5ccc(B6c7ccccc7-c7cc8c9ccccc9n(-c9ccccn9)c8cc76)cc5n(-c5ncncn5)c3c2)c2ccccc2-4)nc1.